The van der Waals surface area contributed by atoms with Gasteiger partial charge < -0.3 is 19.3 Å². The molecule has 0 saturated heterocycles. The number of aromatic nitrogens is 1. The van der Waals surface area contributed by atoms with Gasteiger partial charge in [-0.15, -0.1) is 0 Å². The number of aliphatic hydroxyl groups excluding tert-OH is 1. The minimum absolute atomic E-state index is 0.0467. The summed E-state index contributed by atoms with van der Waals surface area (Å²) in [5.41, 5.74) is 7.89. The highest BCUT2D eigenvalue weighted by atomic mass is 35.5. The molecule has 0 atom stereocenters. The predicted octanol–water partition coefficient (Wildman–Crippen LogP) is 7.44. The van der Waals surface area contributed by atoms with Crippen LogP contribution in [0.1, 0.15) is 53.3 Å². The maximum absolute atomic E-state index is 9.42. The third kappa shape index (κ3) is 5.58. The zero-order chi connectivity index (χ0) is 25.8. The molecular formula is C30H33ClN2O3. The van der Waals surface area contributed by atoms with Crippen molar-refractivity contribution in [3.8, 4) is 17.0 Å². The number of hydrogen-bond acceptors (Lipinski definition) is 5. The number of rotatable bonds is 9. The monoisotopic (exact) mass is 504 g/mol. The highest BCUT2D eigenvalue weighted by Crippen LogP contribution is 2.37. The standard InChI is InChI=1S/C30H33ClN2O3/c1-19(2)30-25(29(32-36-30)28-20(3)8-6-11-26(28)31)18-35-24-12-13-27(21(4)14-24)33(5)16-22-9-7-10-23(15-22)17-34/h6-15,19,34H,16-18H2,1-5H3. The van der Waals surface area contributed by atoms with Crippen molar-refractivity contribution in [3.63, 3.8) is 0 Å². The lowest BCUT2D eigenvalue weighted by Crippen LogP contribution is -2.17. The van der Waals surface area contributed by atoms with Crippen LogP contribution < -0.4 is 9.64 Å². The largest absolute Gasteiger partial charge is 0.489 e. The molecule has 6 heteroatoms. The van der Waals surface area contributed by atoms with Crippen LogP contribution in [0, 0.1) is 13.8 Å². The van der Waals surface area contributed by atoms with E-state index in [0.29, 0.717) is 11.6 Å². The molecule has 36 heavy (non-hydrogen) atoms. The molecule has 0 fully saturated rings. The Morgan fingerprint density at radius 1 is 1.00 bits per heavy atom. The number of aryl methyl sites for hydroxylation is 2. The van der Waals surface area contributed by atoms with Crippen LogP contribution in [0.3, 0.4) is 0 Å². The van der Waals surface area contributed by atoms with Crippen molar-refractivity contribution in [3.05, 3.63) is 99.3 Å². The van der Waals surface area contributed by atoms with E-state index in [2.05, 4.69) is 56.1 Å². The van der Waals surface area contributed by atoms with Crippen LogP contribution in [0.15, 0.2) is 65.2 Å². The van der Waals surface area contributed by atoms with Crippen molar-refractivity contribution in [1.82, 2.24) is 5.16 Å². The van der Waals surface area contributed by atoms with Gasteiger partial charge in [0.25, 0.3) is 0 Å². The van der Waals surface area contributed by atoms with Crippen LogP contribution in [-0.2, 0) is 19.8 Å². The molecule has 1 aromatic heterocycles. The van der Waals surface area contributed by atoms with Gasteiger partial charge in [-0.25, -0.2) is 0 Å². The Balaban J connectivity index is 1.54. The summed E-state index contributed by atoms with van der Waals surface area (Å²) in [7, 11) is 2.07. The van der Waals surface area contributed by atoms with Crippen molar-refractivity contribution < 1.29 is 14.4 Å². The smallest absolute Gasteiger partial charge is 0.146 e. The fourth-order valence-corrected chi connectivity index (χ4v) is 4.84. The fraction of sp³-hybridized carbons (Fsp3) is 0.300. The summed E-state index contributed by atoms with van der Waals surface area (Å²) in [5.74, 6) is 1.75. The predicted molar refractivity (Wildman–Crippen MR) is 146 cm³/mol. The zero-order valence-corrected chi connectivity index (χ0v) is 22.3. The lowest BCUT2D eigenvalue weighted by Gasteiger charge is -2.22. The van der Waals surface area contributed by atoms with Crippen molar-refractivity contribution in [2.45, 2.75) is 53.4 Å². The molecule has 0 aliphatic rings. The van der Waals surface area contributed by atoms with Crippen molar-refractivity contribution in [1.29, 1.82) is 0 Å². The van der Waals surface area contributed by atoms with E-state index in [1.54, 1.807) is 0 Å². The molecule has 0 spiro atoms. The number of nitrogens with zero attached hydrogens (tertiary/aromatic N) is 2. The van der Waals surface area contributed by atoms with Crippen LogP contribution >= 0.6 is 11.6 Å². The van der Waals surface area contributed by atoms with Gasteiger partial charge in [-0.2, -0.15) is 0 Å². The van der Waals surface area contributed by atoms with Gasteiger partial charge in [-0.3, -0.25) is 0 Å². The van der Waals surface area contributed by atoms with Crippen molar-refractivity contribution in [2.75, 3.05) is 11.9 Å². The van der Waals surface area contributed by atoms with Crippen molar-refractivity contribution >= 4 is 17.3 Å². The SMILES string of the molecule is Cc1cc(OCc2c(-c3c(C)cccc3Cl)noc2C(C)C)ccc1N(C)Cc1cccc(CO)c1. The van der Waals surface area contributed by atoms with Gasteiger partial charge >= 0.3 is 0 Å². The second-order valence-corrected chi connectivity index (χ2v) is 9.94. The van der Waals surface area contributed by atoms with E-state index in [4.69, 9.17) is 20.9 Å². The number of hydrogen-bond donors (Lipinski definition) is 1. The van der Waals surface area contributed by atoms with Crippen LogP contribution in [-0.4, -0.2) is 17.3 Å². The molecule has 5 nitrogen and oxygen atoms in total. The Labute approximate surface area is 218 Å². The van der Waals surface area contributed by atoms with Gasteiger partial charge in [-0.05, 0) is 60.4 Å². The quantitative estimate of drug-likeness (QED) is 0.256. The lowest BCUT2D eigenvalue weighted by atomic mass is 9.98. The second-order valence-electron chi connectivity index (χ2n) is 9.53. The summed E-state index contributed by atoms with van der Waals surface area (Å²) in [6, 6.07) is 20.0. The van der Waals surface area contributed by atoms with E-state index >= 15 is 0 Å². The zero-order valence-electron chi connectivity index (χ0n) is 21.5. The van der Waals surface area contributed by atoms with Crippen LogP contribution in [0.5, 0.6) is 5.75 Å². The summed E-state index contributed by atoms with van der Waals surface area (Å²) in [6.07, 6.45) is 0. The molecule has 0 bridgehead atoms. The van der Waals surface area contributed by atoms with Gasteiger partial charge in [0.05, 0.1) is 17.2 Å². The molecule has 0 radical (unpaired) electrons. The summed E-state index contributed by atoms with van der Waals surface area (Å²) >= 11 is 6.55. The number of ether oxygens (including phenoxy) is 1. The Bertz CT molecular complexity index is 1330. The Kier molecular flexibility index (Phi) is 8.02. The fourth-order valence-electron chi connectivity index (χ4n) is 4.53. The molecule has 1 N–H and O–H groups in total. The molecule has 3 aromatic carbocycles. The Morgan fingerprint density at radius 3 is 2.44 bits per heavy atom. The average molecular weight is 505 g/mol. The minimum atomic E-state index is 0.0467. The Hall–Kier alpha value is -3.28. The number of aliphatic hydroxyl groups is 1. The van der Waals surface area contributed by atoms with Crippen LogP contribution in [0.2, 0.25) is 5.02 Å². The molecular weight excluding hydrogens is 472 g/mol. The van der Waals surface area contributed by atoms with E-state index in [0.717, 1.165) is 62.8 Å². The van der Waals surface area contributed by atoms with Gasteiger partial charge in [-0.1, -0.05) is 67.0 Å². The third-order valence-corrected chi connectivity index (χ3v) is 6.67. The van der Waals surface area contributed by atoms with Gasteiger partial charge in [0.2, 0.25) is 0 Å². The van der Waals surface area contributed by atoms with Gasteiger partial charge in [0.15, 0.2) is 0 Å². The summed E-state index contributed by atoms with van der Waals surface area (Å²) < 4.78 is 12.0. The summed E-state index contributed by atoms with van der Waals surface area (Å²) in [4.78, 5) is 2.20. The molecule has 0 aliphatic carbocycles. The Morgan fingerprint density at radius 2 is 1.75 bits per heavy atom. The van der Waals surface area contributed by atoms with E-state index in [1.807, 2.05) is 49.4 Å². The number of benzene rings is 3. The molecule has 0 unspecified atom stereocenters. The molecule has 4 aromatic rings. The summed E-state index contributed by atoms with van der Waals surface area (Å²) in [6.45, 7) is 9.39. The highest BCUT2D eigenvalue weighted by molar-refractivity contribution is 6.33. The molecule has 0 aliphatic heterocycles. The van der Waals surface area contributed by atoms with Gasteiger partial charge in [0.1, 0.15) is 23.8 Å². The number of anilines is 1. The first-order chi connectivity index (χ1) is 17.3. The molecule has 188 valence electrons. The topological polar surface area (TPSA) is 58.7 Å². The first-order valence-electron chi connectivity index (χ1n) is 12.2. The molecule has 0 saturated carbocycles. The normalized spacial score (nSPS) is 11.2. The van der Waals surface area contributed by atoms with E-state index in [-0.39, 0.29) is 12.5 Å². The maximum atomic E-state index is 9.42. The first-order valence-corrected chi connectivity index (χ1v) is 12.5. The van der Waals surface area contributed by atoms with Crippen LogP contribution in [0.4, 0.5) is 5.69 Å². The number of halogens is 1. The molecule has 1 heterocycles. The first kappa shape index (κ1) is 25.8. The average Bonchev–Trinajstić information content (AvgIpc) is 3.26. The van der Waals surface area contributed by atoms with Gasteiger partial charge in [0, 0.05) is 30.8 Å². The highest BCUT2D eigenvalue weighted by Gasteiger charge is 2.23. The summed E-state index contributed by atoms with van der Waals surface area (Å²) in [5, 5.41) is 14.5. The van der Waals surface area contributed by atoms with E-state index in [9.17, 15) is 5.11 Å². The lowest BCUT2D eigenvalue weighted by molar-refractivity contribution is 0.281. The van der Waals surface area contributed by atoms with E-state index in [1.165, 1.54) is 0 Å². The van der Waals surface area contributed by atoms with E-state index < -0.39 is 0 Å². The molecule has 4 rings (SSSR count). The van der Waals surface area contributed by atoms with Crippen molar-refractivity contribution in [2.24, 2.45) is 0 Å². The minimum Gasteiger partial charge on any atom is -0.489 e. The third-order valence-electron chi connectivity index (χ3n) is 6.36. The maximum Gasteiger partial charge on any atom is 0.146 e. The second kappa shape index (κ2) is 11.2. The van der Waals surface area contributed by atoms with Crippen LogP contribution in [0.25, 0.3) is 11.3 Å². The molecule has 0 amide bonds.